The quantitative estimate of drug-likeness (QED) is 0.839. The second-order valence-corrected chi connectivity index (χ2v) is 6.04. The zero-order valence-corrected chi connectivity index (χ0v) is 12.5. The topological polar surface area (TPSA) is 33.3 Å². The highest BCUT2D eigenvalue weighted by Crippen LogP contribution is 2.29. The van der Waals surface area contributed by atoms with Crippen molar-refractivity contribution in [1.82, 2.24) is 10.6 Å². The average molecular weight is 290 g/mol. The van der Waals surface area contributed by atoms with Crippen LogP contribution in [-0.2, 0) is 11.2 Å². The molecule has 0 amide bonds. The standard InChI is InChI=1S/C16H22N2OS/c20-16(17-11-13-7-4-10-19-13)18-15-9-3-6-12-5-1-2-8-14(12)15/h1-2,5,8,13,15H,3-4,6-7,9-11H2,(H2,17,18,20). The van der Waals surface area contributed by atoms with Crippen LogP contribution in [0.1, 0.15) is 42.9 Å². The number of fused-ring (bicyclic) bond motifs is 1. The Bertz CT molecular complexity index is 471. The molecule has 0 radical (unpaired) electrons. The van der Waals surface area contributed by atoms with Gasteiger partial charge in [-0.2, -0.15) is 0 Å². The summed E-state index contributed by atoms with van der Waals surface area (Å²) in [6, 6.07) is 9.03. The number of ether oxygens (including phenoxy) is 1. The van der Waals surface area contributed by atoms with Crippen LogP contribution >= 0.6 is 12.2 Å². The second-order valence-electron chi connectivity index (χ2n) is 5.63. The maximum atomic E-state index is 5.60. The number of hydrogen-bond donors (Lipinski definition) is 2. The molecule has 1 heterocycles. The number of nitrogens with one attached hydrogen (secondary N) is 2. The van der Waals surface area contributed by atoms with Crippen LogP contribution in [0.15, 0.2) is 24.3 Å². The van der Waals surface area contributed by atoms with Gasteiger partial charge in [-0.3, -0.25) is 0 Å². The van der Waals surface area contributed by atoms with Crippen LogP contribution in [0, 0.1) is 0 Å². The molecule has 20 heavy (non-hydrogen) atoms. The van der Waals surface area contributed by atoms with Crippen LogP contribution in [0.25, 0.3) is 0 Å². The van der Waals surface area contributed by atoms with E-state index in [4.69, 9.17) is 17.0 Å². The van der Waals surface area contributed by atoms with Crippen LogP contribution in [0.2, 0.25) is 0 Å². The van der Waals surface area contributed by atoms with E-state index in [0.717, 1.165) is 31.1 Å². The molecular formula is C16H22N2OS. The summed E-state index contributed by atoms with van der Waals surface area (Å²) in [6.07, 6.45) is 6.20. The number of hydrogen-bond acceptors (Lipinski definition) is 2. The molecule has 1 aliphatic heterocycles. The summed E-state index contributed by atoms with van der Waals surface area (Å²) in [5, 5.41) is 7.51. The molecule has 1 aromatic carbocycles. The molecule has 2 unspecified atom stereocenters. The number of benzene rings is 1. The highest BCUT2D eigenvalue weighted by Gasteiger charge is 2.21. The minimum atomic E-state index is 0.327. The molecular weight excluding hydrogens is 268 g/mol. The maximum Gasteiger partial charge on any atom is 0.166 e. The van der Waals surface area contributed by atoms with E-state index >= 15 is 0 Å². The first-order chi connectivity index (χ1) is 9.83. The highest BCUT2D eigenvalue weighted by atomic mass is 32.1. The fraction of sp³-hybridized carbons (Fsp3) is 0.562. The molecule has 1 fully saturated rings. The lowest BCUT2D eigenvalue weighted by Gasteiger charge is -2.27. The number of rotatable bonds is 3. The summed E-state index contributed by atoms with van der Waals surface area (Å²) in [4.78, 5) is 0. The van der Waals surface area contributed by atoms with Crippen molar-refractivity contribution in [3.05, 3.63) is 35.4 Å². The largest absolute Gasteiger partial charge is 0.376 e. The van der Waals surface area contributed by atoms with Gasteiger partial charge in [0.1, 0.15) is 0 Å². The fourth-order valence-corrected chi connectivity index (χ4v) is 3.35. The molecule has 1 aromatic rings. The minimum Gasteiger partial charge on any atom is -0.376 e. The van der Waals surface area contributed by atoms with Crippen molar-refractivity contribution in [3.63, 3.8) is 0 Å². The van der Waals surface area contributed by atoms with E-state index < -0.39 is 0 Å². The molecule has 108 valence electrons. The van der Waals surface area contributed by atoms with Gasteiger partial charge in [-0.05, 0) is 55.4 Å². The van der Waals surface area contributed by atoms with Crippen molar-refractivity contribution in [3.8, 4) is 0 Å². The van der Waals surface area contributed by atoms with Crippen molar-refractivity contribution in [1.29, 1.82) is 0 Å². The van der Waals surface area contributed by atoms with Crippen LogP contribution < -0.4 is 10.6 Å². The Morgan fingerprint density at radius 2 is 2.15 bits per heavy atom. The Hall–Kier alpha value is -1.13. The van der Waals surface area contributed by atoms with Crippen molar-refractivity contribution < 1.29 is 4.74 Å². The third-order valence-electron chi connectivity index (χ3n) is 4.19. The molecule has 0 bridgehead atoms. The summed E-state index contributed by atoms with van der Waals surface area (Å²) < 4.78 is 5.60. The third-order valence-corrected chi connectivity index (χ3v) is 4.45. The molecule has 0 spiro atoms. The third kappa shape index (κ3) is 3.30. The van der Waals surface area contributed by atoms with Crippen molar-refractivity contribution >= 4 is 17.3 Å². The predicted molar refractivity (Wildman–Crippen MR) is 84.8 cm³/mol. The van der Waals surface area contributed by atoms with Gasteiger partial charge in [-0.25, -0.2) is 0 Å². The first kappa shape index (κ1) is 13.8. The summed E-state index contributed by atoms with van der Waals surface area (Å²) in [5.41, 5.74) is 2.86. The van der Waals surface area contributed by atoms with Gasteiger partial charge in [0.05, 0.1) is 12.1 Å². The smallest absolute Gasteiger partial charge is 0.166 e. The highest BCUT2D eigenvalue weighted by molar-refractivity contribution is 7.80. The zero-order valence-electron chi connectivity index (χ0n) is 11.7. The van der Waals surface area contributed by atoms with E-state index in [1.54, 1.807) is 0 Å². The van der Waals surface area contributed by atoms with Crippen LogP contribution in [-0.4, -0.2) is 24.4 Å². The fourth-order valence-electron chi connectivity index (χ4n) is 3.13. The number of thiocarbonyl (C=S) groups is 1. The molecule has 4 heteroatoms. The first-order valence-corrected chi connectivity index (χ1v) is 7.97. The second kappa shape index (κ2) is 6.55. The van der Waals surface area contributed by atoms with Gasteiger partial charge in [0.2, 0.25) is 0 Å². The van der Waals surface area contributed by atoms with Gasteiger partial charge >= 0.3 is 0 Å². The monoisotopic (exact) mass is 290 g/mol. The molecule has 3 rings (SSSR count). The molecule has 2 atom stereocenters. The van der Waals surface area contributed by atoms with Gasteiger partial charge in [0, 0.05) is 13.2 Å². The Balaban J connectivity index is 1.54. The van der Waals surface area contributed by atoms with Crippen molar-refractivity contribution in [2.24, 2.45) is 0 Å². The predicted octanol–water partition coefficient (Wildman–Crippen LogP) is 2.71. The molecule has 2 N–H and O–H groups in total. The summed E-state index contributed by atoms with van der Waals surface area (Å²) in [7, 11) is 0. The lowest BCUT2D eigenvalue weighted by Crippen LogP contribution is -2.41. The van der Waals surface area contributed by atoms with E-state index in [-0.39, 0.29) is 0 Å². The normalized spacial score (nSPS) is 25.0. The molecule has 3 nitrogen and oxygen atoms in total. The van der Waals surface area contributed by atoms with E-state index in [0.29, 0.717) is 12.1 Å². The summed E-state index contributed by atoms with van der Waals surface area (Å²) in [5.74, 6) is 0. The SMILES string of the molecule is S=C(NCC1CCCO1)NC1CCCc2ccccc21. The lowest BCUT2D eigenvalue weighted by atomic mass is 9.88. The molecule has 2 aliphatic rings. The van der Waals surface area contributed by atoms with E-state index in [1.165, 1.54) is 30.4 Å². The molecule has 1 saturated heterocycles. The van der Waals surface area contributed by atoms with Crippen LogP contribution in [0.4, 0.5) is 0 Å². The van der Waals surface area contributed by atoms with Gasteiger partial charge in [-0.1, -0.05) is 24.3 Å². The van der Waals surface area contributed by atoms with E-state index in [2.05, 4.69) is 34.9 Å². The molecule has 0 aromatic heterocycles. The van der Waals surface area contributed by atoms with Gasteiger partial charge in [0.25, 0.3) is 0 Å². The van der Waals surface area contributed by atoms with Crippen LogP contribution in [0.3, 0.4) is 0 Å². The van der Waals surface area contributed by atoms with E-state index in [9.17, 15) is 0 Å². The first-order valence-electron chi connectivity index (χ1n) is 7.57. The zero-order chi connectivity index (χ0) is 13.8. The van der Waals surface area contributed by atoms with Gasteiger partial charge in [0.15, 0.2) is 5.11 Å². The summed E-state index contributed by atoms with van der Waals surface area (Å²) in [6.45, 7) is 1.71. The Labute approximate surface area is 126 Å². The van der Waals surface area contributed by atoms with Gasteiger partial charge < -0.3 is 15.4 Å². The van der Waals surface area contributed by atoms with E-state index in [1.807, 2.05) is 0 Å². The average Bonchev–Trinajstić information content (AvgIpc) is 2.99. The molecule has 0 saturated carbocycles. The lowest BCUT2D eigenvalue weighted by molar-refractivity contribution is 0.114. The van der Waals surface area contributed by atoms with Crippen molar-refractivity contribution in [2.75, 3.05) is 13.2 Å². The van der Waals surface area contributed by atoms with Crippen molar-refractivity contribution in [2.45, 2.75) is 44.2 Å². The van der Waals surface area contributed by atoms with Gasteiger partial charge in [-0.15, -0.1) is 0 Å². The maximum absolute atomic E-state index is 5.60. The minimum absolute atomic E-state index is 0.327. The summed E-state index contributed by atoms with van der Waals surface area (Å²) >= 11 is 5.42. The Morgan fingerprint density at radius 1 is 1.25 bits per heavy atom. The number of aryl methyl sites for hydroxylation is 1. The Kier molecular flexibility index (Phi) is 4.53. The van der Waals surface area contributed by atoms with Crippen LogP contribution in [0.5, 0.6) is 0 Å². The molecule has 1 aliphatic carbocycles. The Morgan fingerprint density at radius 3 is 3.00 bits per heavy atom.